The highest BCUT2D eigenvalue weighted by Gasteiger charge is 2.54. The molecule has 135 heavy (non-hydrogen) atoms. The largest absolute Gasteiger partial charge is 0.496 e. The van der Waals surface area contributed by atoms with Gasteiger partial charge in [-0.3, -0.25) is 15.0 Å². The summed E-state index contributed by atoms with van der Waals surface area (Å²) in [5.41, 5.74) is 17.0. The lowest BCUT2D eigenvalue weighted by Crippen LogP contribution is -2.41. The van der Waals surface area contributed by atoms with Crippen molar-refractivity contribution < 1.29 is 18.6 Å². The van der Waals surface area contributed by atoms with Crippen LogP contribution in [0.1, 0.15) is 55.4 Å². The lowest BCUT2D eigenvalue weighted by molar-refractivity contribution is 0.00578. The number of hydrogen-bond acceptors (Lipinski definition) is 10. The lowest BCUT2D eigenvalue weighted by atomic mass is 9.71. The molecule has 10 nitrogen and oxygen atoms in total. The summed E-state index contributed by atoms with van der Waals surface area (Å²) in [5.74, 6) is 0. The van der Waals surface area contributed by atoms with E-state index in [0.29, 0.717) is 0 Å². The molecule has 18 aromatic carbocycles. The van der Waals surface area contributed by atoms with E-state index in [9.17, 15) is 0 Å². The second kappa shape index (κ2) is 34.0. The maximum Gasteiger partial charge on any atom is 0.496 e. The maximum absolute atomic E-state index is 6.66. The molecule has 26 rings (SSSR count). The molecule has 2 aliphatic heterocycles. The number of fused-ring (bicyclic) bond motifs is 21. The van der Waals surface area contributed by atoms with E-state index in [-0.39, 0.29) is 0 Å². The van der Waals surface area contributed by atoms with E-state index in [1.165, 1.54) is 63.2 Å². The quantitative estimate of drug-likeness (QED) is 0.0868. The first-order chi connectivity index (χ1) is 65.7. The summed E-state index contributed by atoms with van der Waals surface area (Å²) in [6.45, 7) is 16.7. The maximum atomic E-state index is 6.66. The molecule has 0 radical (unpaired) electrons. The molecule has 2 aliphatic rings. The Labute approximate surface area is 807 Å². The van der Waals surface area contributed by atoms with Crippen molar-refractivity contribution in [3.63, 3.8) is 0 Å². The van der Waals surface area contributed by atoms with Crippen LogP contribution < -0.4 is 10.9 Å². The van der Waals surface area contributed by atoms with Gasteiger partial charge in [0.15, 0.2) is 0 Å². The summed E-state index contributed by atoms with van der Waals surface area (Å²) in [5, 5.41) is 27.8. The average Bonchev–Trinajstić information content (AvgIpc) is 1.68. The predicted octanol–water partition coefficient (Wildman–Crippen LogP) is 31.6. The molecule has 15 heteroatoms. The molecule has 0 N–H and O–H groups in total. The van der Waals surface area contributed by atoms with E-state index in [1.54, 1.807) is 0 Å². The number of nitrogens with zero attached hydrogens (tertiary/aromatic N) is 6. The molecule has 0 amide bonds. The molecule has 0 bridgehead atoms. The molecule has 648 valence electrons. The van der Waals surface area contributed by atoms with Gasteiger partial charge in [0.05, 0.1) is 72.6 Å². The third-order valence-electron chi connectivity index (χ3n) is 28.0. The van der Waals surface area contributed by atoms with Gasteiger partial charge >= 0.3 is 14.2 Å². The Morgan fingerprint density at radius 3 is 0.807 bits per heavy atom. The van der Waals surface area contributed by atoms with Gasteiger partial charge < -0.3 is 18.6 Å². The molecule has 0 spiro atoms. The minimum absolute atomic E-state index is 0.390. The Morgan fingerprint density at radius 1 is 0.222 bits per heavy atom. The zero-order chi connectivity index (χ0) is 91.8. The Kier molecular flexibility index (Phi) is 21.5. The molecule has 0 saturated carbocycles. The zero-order valence-corrected chi connectivity index (χ0v) is 80.2. The van der Waals surface area contributed by atoms with Crippen LogP contribution in [0.25, 0.3) is 218 Å². The first-order valence-electron chi connectivity index (χ1n) is 45.7. The lowest BCUT2D eigenvalue weighted by Gasteiger charge is -2.32. The number of pyridine rings is 6. The van der Waals surface area contributed by atoms with Crippen LogP contribution in [0.2, 0.25) is 0 Å². The van der Waals surface area contributed by atoms with Gasteiger partial charge in [-0.15, -0.1) is 0 Å². The van der Waals surface area contributed by atoms with E-state index in [4.69, 9.17) is 48.5 Å². The number of hydrogen-bond donors (Lipinski definition) is 0. The van der Waals surface area contributed by atoms with E-state index in [1.807, 2.05) is 67.1 Å². The Hall–Kier alpha value is -13.8. The monoisotopic (exact) mass is 1930 g/mol. The normalized spacial score (nSPS) is 14.4. The standard InChI is InChI=1S/C42H33BN2O2.C36H21BrN2.C28H25BN2O2.C14H8Br2/c1-41(2)42(3,4)47-43(46-41)38-31-18-10-8-16-29(31)36(30-17-9-11-19-32(30)38)28-21-22-33-35(25-28)45-39(26-13-6-5-7-14-26)34-23-20-27-15-12-24-44-40(27)37(33)34;37-34-27-14-6-4-12-25(27)32(26-13-5-7-15-28(26)34)24-17-18-29-31(21-24)39-35(22-9-2-1-3-10-22)30-19-16-23-11-8-20-38-36(23)33(29)30;1-27(2)28(3,4)33-29(32-27)20-13-15-21-23(17-20)31-25(18-9-6-5-7-10-18)22-14-12-19-11-8-16-30-26(19)24(21)22;15-13-9-5-1-2-6-10(9)14(16)12-8-4-3-7-11(12)13/h5-25H,1-4H3;1-21H;5-17H,1-4H3;1-8H. The first kappa shape index (κ1) is 85.4. The van der Waals surface area contributed by atoms with E-state index in [0.717, 1.165) is 180 Å². The molecule has 24 aromatic rings. The fraction of sp³-hybridized carbons (Fsp3) is 0.100. The number of benzene rings is 18. The van der Waals surface area contributed by atoms with Crippen molar-refractivity contribution in [2.75, 3.05) is 0 Å². The Bertz CT molecular complexity index is 8720. The summed E-state index contributed by atoms with van der Waals surface area (Å²) in [4.78, 5) is 30.3. The highest BCUT2D eigenvalue weighted by Crippen LogP contribution is 2.49. The summed E-state index contributed by atoms with van der Waals surface area (Å²) < 4.78 is 29.4. The summed E-state index contributed by atoms with van der Waals surface area (Å²) >= 11 is 11.3. The fourth-order valence-corrected chi connectivity index (χ4v) is 22.0. The van der Waals surface area contributed by atoms with Crippen molar-refractivity contribution in [2.45, 2.75) is 77.8 Å². The smallest absolute Gasteiger partial charge is 0.399 e. The van der Waals surface area contributed by atoms with E-state index in [2.05, 4.69) is 419 Å². The van der Waals surface area contributed by atoms with E-state index >= 15 is 0 Å². The van der Waals surface area contributed by atoms with Crippen LogP contribution >= 0.6 is 47.8 Å². The Morgan fingerprint density at radius 2 is 0.481 bits per heavy atom. The summed E-state index contributed by atoms with van der Waals surface area (Å²) in [7, 11) is -0.912. The topological polar surface area (TPSA) is 114 Å². The third-order valence-corrected chi connectivity index (χ3v) is 30.5. The van der Waals surface area contributed by atoms with Crippen molar-refractivity contribution in [1.82, 2.24) is 29.9 Å². The van der Waals surface area contributed by atoms with Gasteiger partial charge in [0.2, 0.25) is 0 Å². The summed E-state index contributed by atoms with van der Waals surface area (Å²) in [6, 6.07) is 128. The molecular weight excluding hydrogens is 1850 g/mol. The van der Waals surface area contributed by atoms with Gasteiger partial charge in [-0.1, -0.05) is 328 Å². The summed E-state index contributed by atoms with van der Waals surface area (Å²) in [6.07, 6.45) is 5.62. The van der Waals surface area contributed by atoms with Crippen molar-refractivity contribution >= 4 is 235 Å². The number of rotatable bonds is 7. The van der Waals surface area contributed by atoms with Crippen LogP contribution in [0.15, 0.2) is 396 Å². The SMILES string of the molecule is Brc1c2ccccc2c(-c2ccc3c(c2)nc(-c2ccccc2)c2ccc4cccnc4c23)c2ccccc12.Brc1c2ccccc2c(Br)c2ccccc12.CC1(C)OB(c2c3ccccc3c(-c3ccc4c(c3)nc(-c3ccccc3)c3ccc5cccnc5c34)c3ccccc23)OC1(C)C.CC1(C)OB(c2ccc3c(c2)nc(-c2ccccc2)c2ccc4cccnc4c23)OC1(C)C. The zero-order valence-electron chi connectivity index (χ0n) is 75.5. The number of aromatic nitrogens is 6. The second-order valence-corrected chi connectivity index (χ2v) is 39.3. The number of halogens is 3. The van der Waals surface area contributed by atoms with Gasteiger partial charge in [-0.05, 0) is 237 Å². The van der Waals surface area contributed by atoms with Crippen molar-refractivity contribution in [3.05, 3.63) is 396 Å². The molecule has 0 atom stereocenters. The van der Waals surface area contributed by atoms with E-state index < -0.39 is 36.6 Å². The highest BCUT2D eigenvalue weighted by atomic mass is 79.9. The average molecular weight is 1940 g/mol. The van der Waals surface area contributed by atoms with Crippen LogP contribution in [0.4, 0.5) is 0 Å². The van der Waals surface area contributed by atoms with Gasteiger partial charge in [-0.2, -0.15) is 0 Å². The van der Waals surface area contributed by atoms with Crippen LogP contribution in [0.5, 0.6) is 0 Å². The molecule has 2 fully saturated rings. The van der Waals surface area contributed by atoms with Gasteiger partial charge in [0, 0.05) is 113 Å². The minimum Gasteiger partial charge on any atom is -0.399 e. The van der Waals surface area contributed by atoms with Gasteiger partial charge in [-0.25, -0.2) is 15.0 Å². The van der Waals surface area contributed by atoms with Crippen molar-refractivity contribution in [2.24, 2.45) is 0 Å². The second-order valence-electron chi connectivity index (χ2n) is 37.0. The molecular formula is C120H87B2Br3N6O4. The molecule has 0 unspecified atom stereocenters. The molecule has 0 aliphatic carbocycles. The predicted molar refractivity (Wildman–Crippen MR) is 577 cm³/mol. The molecule has 8 heterocycles. The first-order valence-corrected chi connectivity index (χ1v) is 48.1. The Balaban J connectivity index is 0.000000106. The molecule has 6 aromatic heterocycles. The van der Waals surface area contributed by atoms with Crippen LogP contribution in [-0.4, -0.2) is 66.5 Å². The van der Waals surface area contributed by atoms with Crippen LogP contribution in [0.3, 0.4) is 0 Å². The van der Waals surface area contributed by atoms with Crippen LogP contribution in [-0.2, 0) is 18.6 Å². The highest BCUT2D eigenvalue weighted by molar-refractivity contribution is 9.11. The van der Waals surface area contributed by atoms with Crippen molar-refractivity contribution in [3.8, 4) is 56.0 Å². The van der Waals surface area contributed by atoms with Crippen LogP contribution in [0, 0.1) is 0 Å². The van der Waals surface area contributed by atoms with Gasteiger partial charge in [0.25, 0.3) is 0 Å². The fourth-order valence-electron chi connectivity index (χ4n) is 19.9. The third kappa shape index (κ3) is 14.8. The minimum atomic E-state index is -0.484. The van der Waals surface area contributed by atoms with Crippen molar-refractivity contribution in [1.29, 1.82) is 0 Å². The van der Waals surface area contributed by atoms with Gasteiger partial charge in [0.1, 0.15) is 0 Å². The molecule has 2 saturated heterocycles.